The lowest BCUT2D eigenvalue weighted by Crippen LogP contribution is -2.24. The molecule has 4 heteroatoms. The zero-order valence-electron chi connectivity index (χ0n) is 17.1. The molecular weight excluding hydrogens is 364 g/mol. The predicted octanol–water partition coefficient (Wildman–Crippen LogP) is 5.18. The molecule has 1 aliphatic rings. The summed E-state index contributed by atoms with van der Waals surface area (Å²) in [5.74, 6) is -0.296. The molecule has 0 aromatic heterocycles. The fraction of sp³-hybridized carbons (Fsp3) is 0.400. The molecule has 1 heterocycles. The van der Waals surface area contributed by atoms with Crippen LogP contribution in [0.2, 0.25) is 0 Å². The molecule has 0 spiro atoms. The summed E-state index contributed by atoms with van der Waals surface area (Å²) in [6.45, 7) is 3.27. The van der Waals surface area contributed by atoms with E-state index in [9.17, 15) is 4.79 Å². The van der Waals surface area contributed by atoms with E-state index in [1.807, 2.05) is 55.5 Å². The normalized spacial score (nSPS) is 17.5. The van der Waals surface area contributed by atoms with Gasteiger partial charge in [0.15, 0.2) is 6.29 Å². The van der Waals surface area contributed by atoms with E-state index in [4.69, 9.17) is 14.2 Å². The van der Waals surface area contributed by atoms with Crippen LogP contribution < -0.4 is 0 Å². The van der Waals surface area contributed by atoms with Crippen LogP contribution in [0, 0.1) is 0 Å². The maximum absolute atomic E-state index is 12.9. The third-order valence-electron chi connectivity index (χ3n) is 5.04. The highest BCUT2D eigenvalue weighted by Crippen LogP contribution is 2.26. The summed E-state index contributed by atoms with van der Waals surface area (Å²) in [5, 5.41) is 0. The Kier molecular flexibility index (Phi) is 8.47. The Morgan fingerprint density at radius 3 is 2.41 bits per heavy atom. The van der Waals surface area contributed by atoms with Crippen molar-refractivity contribution in [1.82, 2.24) is 0 Å². The standard InChI is InChI=1S/C25H30O4/c1-2-27-25(26)24(21-13-7-4-8-14-21)22(17-16-20-11-5-3-6-12-20)19-29-23-15-9-10-18-28-23/h3-8,11-14,23H,2,9-10,15-19H2,1H3/b24-22-. The first-order valence-electron chi connectivity index (χ1n) is 10.5. The molecule has 0 amide bonds. The van der Waals surface area contributed by atoms with Gasteiger partial charge in [-0.3, -0.25) is 0 Å². The molecule has 1 aliphatic heterocycles. The minimum absolute atomic E-state index is 0.199. The summed E-state index contributed by atoms with van der Waals surface area (Å²) in [4.78, 5) is 12.9. The average molecular weight is 395 g/mol. The van der Waals surface area contributed by atoms with Crippen molar-refractivity contribution in [2.45, 2.75) is 45.3 Å². The molecule has 0 N–H and O–H groups in total. The lowest BCUT2D eigenvalue weighted by atomic mass is 9.95. The van der Waals surface area contributed by atoms with E-state index in [1.54, 1.807) is 0 Å². The number of benzene rings is 2. The van der Waals surface area contributed by atoms with Crippen LogP contribution in [0.5, 0.6) is 0 Å². The molecule has 154 valence electrons. The number of hydrogen-bond donors (Lipinski definition) is 0. The molecule has 2 aromatic rings. The molecule has 0 bridgehead atoms. The molecule has 1 fully saturated rings. The molecular formula is C25H30O4. The summed E-state index contributed by atoms with van der Waals surface area (Å²) in [7, 11) is 0. The van der Waals surface area contributed by atoms with Crippen LogP contribution in [0.25, 0.3) is 5.57 Å². The second-order valence-electron chi connectivity index (χ2n) is 7.16. The van der Waals surface area contributed by atoms with Crippen LogP contribution in [-0.4, -0.2) is 32.1 Å². The van der Waals surface area contributed by atoms with E-state index in [0.29, 0.717) is 18.8 Å². The highest BCUT2D eigenvalue weighted by Gasteiger charge is 2.21. The lowest BCUT2D eigenvalue weighted by Gasteiger charge is -2.24. The molecule has 29 heavy (non-hydrogen) atoms. The van der Waals surface area contributed by atoms with E-state index in [-0.39, 0.29) is 12.3 Å². The second-order valence-corrected chi connectivity index (χ2v) is 7.16. The second kappa shape index (κ2) is 11.5. The first-order chi connectivity index (χ1) is 14.3. The van der Waals surface area contributed by atoms with Crippen molar-refractivity contribution >= 4 is 11.5 Å². The molecule has 1 saturated heterocycles. The SMILES string of the molecule is CCOC(=O)/C(=C(/CCc1ccccc1)COC1CCCCO1)c1ccccc1. The van der Waals surface area contributed by atoms with Gasteiger partial charge in [0.2, 0.25) is 0 Å². The van der Waals surface area contributed by atoms with Crippen LogP contribution in [-0.2, 0) is 25.4 Å². The molecule has 0 radical (unpaired) electrons. The van der Waals surface area contributed by atoms with Crippen molar-refractivity contribution < 1.29 is 19.0 Å². The fourth-order valence-corrected chi connectivity index (χ4v) is 3.52. The topological polar surface area (TPSA) is 44.8 Å². The van der Waals surface area contributed by atoms with E-state index in [1.165, 1.54) is 5.56 Å². The van der Waals surface area contributed by atoms with Gasteiger partial charge < -0.3 is 14.2 Å². The first kappa shape index (κ1) is 21.3. The summed E-state index contributed by atoms with van der Waals surface area (Å²) >= 11 is 0. The number of aryl methyl sites for hydroxylation is 1. The van der Waals surface area contributed by atoms with Crippen LogP contribution >= 0.6 is 0 Å². The maximum Gasteiger partial charge on any atom is 0.338 e. The van der Waals surface area contributed by atoms with Crippen molar-refractivity contribution in [3.8, 4) is 0 Å². The molecule has 0 aliphatic carbocycles. The fourth-order valence-electron chi connectivity index (χ4n) is 3.52. The Hall–Kier alpha value is -2.43. The van der Waals surface area contributed by atoms with Crippen molar-refractivity contribution in [3.05, 3.63) is 77.4 Å². The predicted molar refractivity (Wildman–Crippen MR) is 114 cm³/mol. The van der Waals surface area contributed by atoms with Gasteiger partial charge in [0, 0.05) is 6.61 Å². The third kappa shape index (κ3) is 6.55. The Bertz CT molecular complexity index is 777. The first-order valence-corrected chi connectivity index (χ1v) is 10.5. The lowest BCUT2D eigenvalue weighted by molar-refractivity contribution is -0.157. The summed E-state index contributed by atoms with van der Waals surface area (Å²) in [6, 6.07) is 20.0. The zero-order valence-corrected chi connectivity index (χ0v) is 17.1. The van der Waals surface area contributed by atoms with Gasteiger partial charge in [-0.15, -0.1) is 0 Å². The number of carbonyl (C=O) groups is 1. The van der Waals surface area contributed by atoms with Gasteiger partial charge in [0.05, 0.1) is 18.8 Å². The quantitative estimate of drug-likeness (QED) is 0.434. The van der Waals surface area contributed by atoms with Gasteiger partial charge in [-0.05, 0) is 55.7 Å². The average Bonchev–Trinajstić information content (AvgIpc) is 2.78. The van der Waals surface area contributed by atoms with Crippen molar-refractivity contribution in [2.24, 2.45) is 0 Å². The number of hydrogen-bond acceptors (Lipinski definition) is 4. The molecule has 4 nitrogen and oxygen atoms in total. The number of carbonyl (C=O) groups excluding carboxylic acids is 1. The minimum atomic E-state index is -0.296. The van der Waals surface area contributed by atoms with Crippen LogP contribution in [0.4, 0.5) is 0 Å². The van der Waals surface area contributed by atoms with E-state index < -0.39 is 0 Å². The largest absolute Gasteiger partial charge is 0.462 e. The molecule has 0 saturated carbocycles. The van der Waals surface area contributed by atoms with E-state index >= 15 is 0 Å². The van der Waals surface area contributed by atoms with Crippen LogP contribution in [0.15, 0.2) is 66.2 Å². The van der Waals surface area contributed by atoms with E-state index in [2.05, 4.69) is 12.1 Å². The van der Waals surface area contributed by atoms with Gasteiger partial charge in [0.1, 0.15) is 0 Å². The summed E-state index contributed by atoms with van der Waals surface area (Å²) < 4.78 is 17.2. The maximum atomic E-state index is 12.9. The van der Waals surface area contributed by atoms with Gasteiger partial charge in [-0.1, -0.05) is 60.7 Å². The molecule has 3 rings (SSSR count). The Morgan fingerprint density at radius 1 is 1.03 bits per heavy atom. The molecule has 1 atom stereocenters. The molecule has 2 aromatic carbocycles. The van der Waals surface area contributed by atoms with Gasteiger partial charge in [-0.25, -0.2) is 4.79 Å². The zero-order chi connectivity index (χ0) is 20.3. The van der Waals surface area contributed by atoms with E-state index in [0.717, 1.165) is 49.8 Å². The van der Waals surface area contributed by atoms with Gasteiger partial charge in [-0.2, -0.15) is 0 Å². The monoisotopic (exact) mass is 394 g/mol. The van der Waals surface area contributed by atoms with Gasteiger partial charge in [0.25, 0.3) is 0 Å². The van der Waals surface area contributed by atoms with Crippen LogP contribution in [0.1, 0.15) is 43.7 Å². The Balaban J connectivity index is 1.87. The third-order valence-corrected chi connectivity index (χ3v) is 5.04. The molecule has 1 unspecified atom stereocenters. The van der Waals surface area contributed by atoms with Gasteiger partial charge >= 0.3 is 5.97 Å². The highest BCUT2D eigenvalue weighted by molar-refractivity contribution is 6.17. The van der Waals surface area contributed by atoms with Crippen molar-refractivity contribution in [2.75, 3.05) is 19.8 Å². The Labute approximate surface area is 173 Å². The number of esters is 1. The highest BCUT2D eigenvalue weighted by atomic mass is 16.7. The summed E-state index contributed by atoms with van der Waals surface area (Å²) in [5.41, 5.74) is 3.66. The summed E-state index contributed by atoms with van der Waals surface area (Å²) in [6.07, 6.45) is 4.44. The number of ether oxygens (including phenoxy) is 3. The van der Waals surface area contributed by atoms with Crippen molar-refractivity contribution in [3.63, 3.8) is 0 Å². The minimum Gasteiger partial charge on any atom is -0.462 e. The van der Waals surface area contributed by atoms with Crippen LogP contribution in [0.3, 0.4) is 0 Å². The smallest absolute Gasteiger partial charge is 0.338 e. The number of rotatable bonds is 9. The Morgan fingerprint density at radius 2 is 1.76 bits per heavy atom. The van der Waals surface area contributed by atoms with Crippen molar-refractivity contribution in [1.29, 1.82) is 0 Å².